The van der Waals surface area contributed by atoms with Crippen LogP contribution in [0.15, 0.2) is 29.4 Å². The van der Waals surface area contributed by atoms with E-state index in [1.54, 1.807) is 6.21 Å². The Morgan fingerprint density at radius 3 is 2.40 bits per heavy atom. The summed E-state index contributed by atoms with van der Waals surface area (Å²) in [7, 11) is 3.97. The number of carbonyl (C=O) groups is 1. The summed E-state index contributed by atoms with van der Waals surface area (Å²) < 4.78 is 0. The van der Waals surface area contributed by atoms with Gasteiger partial charge in [0.1, 0.15) is 0 Å². The summed E-state index contributed by atoms with van der Waals surface area (Å²) in [5.41, 5.74) is 4.44. The molecule has 15 heavy (non-hydrogen) atoms. The van der Waals surface area contributed by atoms with Crippen molar-refractivity contribution in [3.8, 4) is 0 Å². The van der Waals surface area contributed by atoms with Crippen LogP contribution in [0.25, 0.3) is 0 Å². The molecule has 0 aliphatic rings. The highest BCUT2D eigenvalue weighted by atomic mass is 16.2. The topological polar surface area (TPSA) is 44.7 Å². The van der Waals surface area contributed by atoms with E-state index < -0.39 is 0 Å². The van der Waals surface area contributed by atoms with Crippen LogP contribution in [-0.2, 0) is 4.79 Å². The Kier molecular flexibility index (Phi) is 3.85. The van der Waals surface area contributed by atoms with Crippen molar-refractivity contribution in [2.75, 3.05) is 19.0 Å². The molecule has 0 saturated carbocycles. The molecule has 0 saturated heterocycles. The SMILES string of the molecule is CC(=O)N/N=C/c1ccc(N(C)C)cc1. The van der Waals surface area contributed by atoms with E-state index >= 15 is 0 Å². The lowest BCUT2D eigenvalue weighted by Crippen LogP contribution is -2.12. The van der Waals surface area contributed by atoms with Crippen LogP contribution in [-0.4, -0.2) is 26.2 Å². The van der Waals surface area contributed by atoms with Crippen molar-refractivity contribution in [1.82, 2.24) is 5.43 Å². The molecule has 1 aromatic rings. The summed E-state index contributed by atoms with van der Waals surface area (Å²) in [5.74, 6) is -0.170. The maximum Gasteiger partial charge on any atom is 0.236 e. The minimum atomic E-state index is -0.170. The van der Waals surface area contributed by atoms with Gasteiger partial charge in [-0.25, -0.2) is 5.43 Å². The number of amides is 1. The lowest BCUT2D eigenvalue weighted by atomic mass is 10.2. The summed E-state index contributed by atoms with van der Waals surface area (Å²) in [4.78, 5) is 12.6. The second-order valence-corrected chi connectivity index (χ2v) is 3.41. The van der Waals surface area contributed by atoms with Gasteiger partial charge in [-0.15, -0.1) is 0 Å². The summed E-state index contributed by atoms with van der Waals surface area (Å²) in [6.07, 6.45) is 1.61. The maximum absolute atomic E-state index is 10.5. The molecule has 0 unspecified atom stereocenters. The van der Waals surface area contributed by atoms with Gasteiger partial charge in [0.15, 0.2) is 0 Å². The van der Waals surface area contributed by atoms with E-state index in [1.807, 2.05) is 43.3 Å². The second kappa shape index (κ2) is 5.14. The average molecular weight is 205 g/mol. The smallest absolute Gasteiger partial charge is 0.236 e. The van der Waals surface area contributed by atoms with Gasteiger partial charge in [-0.3, -0.25) is 4.79 Å². The first kappa shape index (κ1) is 11.2. The molecule has 0 aromatic heterocycles. The molecule has 4 nitrogen and oxygen atoms in total. The van der Waals surface area contributed by atoms with Crippen LogP contribution in [0.2, 0.25) is 0 Å². The van der Waals surface area contributed by atoms with Crippen molar-refractivity contribution in [2.45, 2.75) is 6.92 Å². The third-order valence-electron chi connectivity index (χ3n) is 1.85. The lowest BCUT2D eigenvalue weighted by molar-refractivity contribution is -0.118. The fraction of sp³-hybridized carbons (Fsp3) is 0.273. The maximum atomic E-state index is 10.5. The molecule has 0 atom stereocenters. The lowest BCUT2D eigenvalue weighted by Gasteiger charge is -2.11. The fourth-order valence-electron chi connectivity index (χ4n) is 1.06. The molecule has 0 bridgehead atoms. The number of benzene rings is 1. The zero-order valence-corrected chi connectivity index (χ0v) is 9.19. The molecule has 1 aromatic carbocycles. The molecule has 0 spiro atoms. The first-order valence-corrected chi connectivity index (χ1v) is 4.66. The first-order valence-electron chi connectivity index (χ1n) is 4.66. The Bertz CT molecular complexity index is 355. The Balaban J connectivity index is 2.64. The molecule has 1 amide bonds. The van der Waals surface area contributed by atoms with E-state index in [9.17, 15) is 4.79 Å². The molecule has 0 radical (unpaired) electrons. The fourth-order valence-corrected chi connectivity index (χ4v) is 1.06. The molecule has 1 N–H and O–H groups in total. The molecular formula is C11H15N3O. The molecule has 0 aliphatic heterocycles. The summed E-state index contributed by atoms with van der Waals surface area (Å²) >= 11 is 0. The Labute approximate surface area is 89.6 Å². The normalized spacial score (nSPS) is 10.3. The van der Waals surface area contributed by atoms with Crippen LogP contribution in [0.1, 0.15) is 12.5 Å². The minimum absolute atomic E-state index is 0.170. The molecule has 0 aliphatic carbocycles. The summed E-state index contributed by atoms with van der Waals surface area (Å²) in [6, 6.07) is 7.88. The third-order valence-corrected chi connectivity index (χ3v) is 1.85. The van der Waals surface area contributed by atoms with Crippen LogP contribution < -0.4 is 10.3 Å². The van der Waals surface area contributed by atoms with E-state index in [4.69, 9.17) is 0 Å². The zero-order chi connectivity index (χ0) is 11.3. The van der Waals surface area contributed by atoms with Gasteiger partial charge < -0.3 is 4.90 Å². The van der Waals surface area contributed by atoms with Crippen LogP contribution in [0.5, 0.6) is 0 Å². The first-order chi connectivity index (χ1) is 7.09. The van der Waals surface area contributed by atoms with E-state index in [0.29, 0.717) is 0 Å². The van der Waals surface area contributed by atoms with Gasteiger partial charge in [-0.05, 0) is 17.7 Å². The van der Waals surface area contributed by atoms with E-state index in [2.05, 4.69) is 10.5 Å². The van der Waals surface area contributed by atoms with Gasteiger partial charge in [0.25, 0.3) is 0 Å². The molecule has 0 heterocycles. The van der Waals surface area contributed by atoms with Gasteiger partial charge in [0.2, 0.25) is 5.91 Å². The van der Waals surface area contributed by atoms with Gasteiger partial charge in [0, 0.05) is 26.7 Å². The van der Waals surface area contributed by atoms with Crippen molar-refractivity contribution >= 4 is 17.8 Å². The minimum Gasteiger partial charge on any atom is -0.378 e. The number of carbonyl (C=O) groups excluding carboxylic acids is 1. The predicted octanol–water partition coefficient (Wildman–Crippen LogP) is 1.22. The van der Waals surface area contributed by atoms with Crippen molar-refractivity contribution in [3.63, 3.8) is 0 Å². The Hall–Kier alpha value is -1.84. The monoisotopic (exact) mass is 205 g/mol. The number of rotatable bonds is 3. The molecule has 4 heteroatoms. The molecule has 80 valence electrons. The van der Waals surface area contributed by atoms with E-state index in [-0.39, 0.29) is 5.91 Å². The number of hydrogen-bond donors (Lipinski definition) is 1. The zero-order valence-electron chi connectivity index (χ0n) is 9.19. The quantitative estimate of drug-likeness (QED) is 0.595. The number of hydrazone groups is 1. The van der Waals surface area contributed by atoms with Gasteiger partial charge in [0.05, 0.1) is 6.21 Å². The molecule has 1 rings (SSSR count). The van der Waals surface area contributed by atoms with Crippen LogP contribution in [0, 0.1) is 0 Å². The average Bonchev–Trinajstić information content (AvgIpc) is 2.18. The van der Waals surface area contributed by atoms with Gasteiger partial charge in [-0.1, -0.05) is 12.1 Å². The number of nitrogens with zero attached hydrogens (tertiary/aromatic N) is 2. The van der Waals surface area contributed by atoms with E-state index in [1.165, 1.54) is 6.92 Å². The highest BCUT2D eigenvalue weighted by Gasteiger charge is 1.93. The Morgan fingerprint density at radius 1 is 1.33 bits per heavy atom. The van der Waals surface area contributed by atoms with Crippen LogP contribution in [0.4, 0.5) is 5.69 Å². The second-order valence-electron chi connectivity index (χ2n) is 3.41. The van der Waals surface area contributed by atoms with Crippen molar-refractivity contribution in [1.29, 1.82) is 0 Å². The predicted molar refractivity (Wildman–Crippen MR) is 62.2 cm³/mol. The number of hydrogen-bond acceptors (Lipinski definition) is 3. The van der Waals surface area contributed by atoms with Crippen LogP contribution >= 0.6 is 0 Å². The molecule has 0 fully saturated rings. The van der Waals surface area contributed by atoms with Crippen LogP contribution in [0.3, 0.4) is 0 Å². The summed E-state index contributed by atoms with van der Waals surface area (Å²) in [6.45, 7) is 1.42. The van der Waals surface area contributed by atoms with Crippen molar-refractivity contribution < 1.29 is 4.79 Å². The van der Waals surface area contributed by atoms with Gasteiger partial charge >= 0.3 is 0 Å². The molecular weight excluding hydrogens is 190 g/mol. The van der Waals surface area contributed by atoms with Crippen molar-refractivity contribution in [3.05, 3.63) is 29.8 Å². The van der Waals surface area contributed by atoms with Gasteiger partial charge in [-0.2, -0.15) is 5.10 Å². The summed E-state index contributed by atoms with van der Waals surface area (Å²) in [5, 5.41) is 3.78. The standard InChI is InChI=1S/C11H15N3O/c1-9(15)13-12-8-10-4-6-11(7-5-10)14(2)3/h4-8H,1-3H3,(H,13,15)/b12-8+. The van der Waals surface area contributed by atoms with E-state index in [0.717, 1.165) is 11.3 Å². The highest BCUT2D eigenvalue weighted by Crippen LogP contribution is 2.10. The largest absolute Gasteiger partial charge is 0.378 e. The highest BCUT2D eigenvalue weighted by molar-refractivity contribution is 5.82. The Morgan fingerprint density at radius 2 is 1.93 bits per heavy atom. The van der Waals surface area contributed by atoms with Crippen molar-refractivity contribution in [2.24, 2.45) is 5.10 Å². The number of anilines is 1. The third kappa shape index (κ3) is 3.81. The number of nitrogens with one attached hydrogen (secondary N) is 1.